The van der Waals surface area contributed by atoms with Gasteiger partial charge in [-0.3, -0.25) is 0 Å². The fourth-order valence-corrected chi connectivity index (χ4v) is 1.74. The summed E-state index contributed by atoms with van der Waals surface area (Å²) in [4.78, 5) is 2.45. The Bertz CT molecular complexity index is 149. The molecule has 16 heavy (non-hydrogen) atoms. The predicted molar refractivity (Wildman–Crippen MR) is 70.8 cm³/mol. The molecule has 98 valence electrons. The van der Waals surface area contributed by atoms with Gasteiger partial charge in [0, 0.05) is 12.6 Å². The molecule has 0 amide bonds. The van der Waals surface area contributed by atoms with Crippen molar-refractivity contribution >= 4 is 0 Å². The molecular formula is C13H30N2O. The zero-order chi connectivity index (χ0) is 12.4. The molecule has 0 aromatic heterocycles. The molecule has 0 radical (unpaired) electrons. The molecule has 0 aliphatic heterocycles. The number of rotatable bonds is 10. The van der Waals surface area contributed by atoms with Crippen LogP contribution in [-0.2, 0) is 0 Å². The van der Waals surface area contributed by atoms with E-state index in [-0.39, 0.29) is 6.10 Å². The molecule has 0 heterocycles. The third kappa shape index (κ3) is 8.08. The Morgan fingerprint density at radius 2 is 1.81 bits per heavy atom. The third-order valence-corrected chi connectivity index (χ3v) is 3.18. The maximum Gasteiger partial charge on any atom is 0.0662 e. The number of hydrogen-bond acceptors (Lipinski definition) is 3. The highest BCUT2D eigenvalue weighted by atomic mass is 16.3. The van der Waals surface area contributed by atoms with Gasteiger partial charge in [0.15, 0.2) is 0 Å². The Labute approximate surface area is 101 Å². The fraction of sp³-hybridized carbons (Fsp3) is 1.00. The van der Waals surface area contributed by atoms with Crippen LogP contribution in [0.1, 0.15) is 47.0 Å². The smallest absolute Gasteiger partial charge is 0.0662 e. The van der Waals surface area contributed by atoms with Crippen molar-refractivity contribution in [2.24, 2.45) is 0 Å². The van der Waals surface area contributed by atoms with Gasteiger partial charge in [0.05, 0.1) is 6.10 Å². The minimum atomic E-state index is -0.190. The van der Waals surface area contributed by atoms with Crippen LogP contribution in [0.4, 0.5) is 0 Å². The molecule has 2 atom stereocenters. The molecule has 3 nitrogen and oxygen atoms in total. The first-order valence-electron chi connectivity index (χ1n) is 6.77. The van der Waals surface area contributed by atoms with Crippen molar-refractivity contribution < 1.29 is 5.11 Å². The van der Waals surface area contributed by atoms with E-state index in [1.165, 1.54) is 19.4 Å². The number of nitrogens with one attached hydrogen (secondary N) is 1. The molecule has 0 fully saturated rings. The standard InChI is InChI=1S/C13H30N2O/c1-5-13(16)11-14-12(4)9-8-10-15(6-2)7-3/h12-14,16H,5-11H2,1-4H3. The monoisotopic (exact) mass is 230 g/mol. The Morgan fingerprint density at radius 1 is 1.19 bits per heavy atom. The molecule has 2 unspecified atom stereocenters. The molecule has 0 aliphatic rings. The van der Waals surface area contributed by atoms with E-state index in [2.05, 4.69) is 31.0 Å². The summed E-state index contributed by atoms with van der Waals surface area (Å²) in [5.41, 5.74) is 0. The largest absolute Gasteiger partial charge is 0.392 e. The molecule has 0 aliphatic carbocycles. The predicted octanol–water partition coefficient (Wildman–Crippen LogP) is 1.86. The van der Waals surface area contributed by atoms with Crippen LogP contribution >= 0.6 is 0 Å². The zero-order valence-corrected chi connectivity index (χ0v) is 11.5. The van der Waals surface area contributed by atoms with E-state index in [1.54, 1.807) is 0 Å². The van der Waals surface area contributed by atoms with Crippen molar-refractivity contribution in [3.63, 3.8) is 0 Å². The van der Waals surface area contributed by atoms with Gasteiger partial charge in [-0.05, 0) is 45.8 Å². The minimum Gasteiger partial charge on any atom is -0.392 e. The van der Waals surface area contributed by atoms with E-state index in [0.717, 1.165) is 26.1 Å². The van der Waals surface area contributed by atoms with Crippen LogP contribution in [0.5, 0.6) is 0 Å². The molecule has 0 aromatic carbocycles. The second kappa shape index (κ2) is 10.1. The maximum absolute atomic E-state index is 9.43. The molecular weight excluding hydrogens is 200 g/mol. The summed E-state index contributed by atoms with van der Waals surface area (Å²) < 4.78 is 0. The SMILES string of the molecule is CCC(O)CNC(C)CCCN(CC)CC. The van der Waals surface area contributed by atoms with Gasteiger partial charge in [-0.1, -0.05) is 20.8 Å². The van der Waals surface area contributed by atoms with Gasteiger partial charge in [0.1, 0.15) is 0 Å². The molecule has 0 saturated heterocycles. The summed E-state index contributed by atoms with van der Waals surface area (Å²) in [6.45, 7) is 12.8. The highest BCUT2D eigenvalue weighted by Crippen LogP contribution is 2.00. The molecule has 0 saturated carbocycles. The Hall–Kier alpha value is -0.120. The van der Waals surface area contributed by atoms with Crippen LogP contribution in [0.25, 0.3) is 0 Å². The van der Waals surface area contributed by atoms with Crippen LogP contribution in [0.15, 0.2) is 0 Å². The van der Waals surface area contributed by atoms with Gasteiger partial charge >= 0.3 is 0 Å². The van der Waals surface area contributed by atoms with Crippen molar-refractivity contribution in [3.8, 4) is 0 Å². The van der Waals surface area contributed by atoms with Gasteiger partial charge in [-0.15, -0.1) is 0 Å². The summed E-state index contributed by atoms with van der Waals surface area (Å²) in [6.07, 6.45) is 3.06. The van der Waals surface area contributed by atoms with Crippen molar-refractivity contribution in [2.75, 3.05) is 26.2 Å². The molecule has 0 rings (SSSR count). The van der Waals surface area contributed by atoms with Gasteiger partial charge in [-0.25, -0.2) is 0 Å². The normalized spacial score (nSPS) is 15.4. The summed E-state index contributed by atoms with van der Waals surface area (Å²) >= 11 is 0. The first kappa shape index (κ1) is 15.9. The quantitative estimate of drug-likeness (QED) is 0.601. The number of hydrogen-bond donors (Lipinski definition) is 2. The Kier molecular flexibility index (Phi) is 9.99. The second-order valence-corrected chi connectivity index (χ2v) is 4.54. The highest BCUT2D eigenvalue weighted by Gasteiger charge is 2.06. The van der Waals surface area contributed by atoms with Gasteiger partial charge < -0.3 is 15.3 Å². The van der Waals surface area contributed by atoms with E-state index in [9.17, 15) is 5.11 Å². The fourth-order valence-electron chi connectivity index (χ4n) is 1.74. The van der Waals surface area contributed by atoms with Crippen LogP contribution < -0.4 is 5.32 Å². The highest BCUT2D eigenvalue weighted by molar-refractivity contribution is 4.65. The topological polar surface area (TPSA) is 35.5 Å². The van der Waals surface area contributed by atoms with Crippen molar-refractivity contribution in [1.29, 1.82) is 0 Å². The van der Waals surface area contributed by atoms with Crippen molar-refractivity contribution in [1.82, 2.24) is 10.2 Å². The first-order chi connectivity index (χ1) is 7.63. The first-order valence-corrected chi connectivity index (χ1v) is 6.77. The lowest BCUT2D eigenvalue weighted by atomic mass is 10.1. The average molecular weight is 230 g/mol. The van der Waals surface area contributed by atoms with E-state index in [0.29, 0.717) is 6.04 Å². The van der Waals surface area contributed by atoms with Gasteiger partial charge in [0.25, 0.3) is 0 Å². The summed E-state index contributed by atoms with van der Waals surface area (Å²) in [6, 6.07) is 0.511. The van der Waals surface area contributed by atoms with E-state index < -0.39 is 0 Å². The van der Waals surface area contributed by atoms with Crippen LogP contribution in [0, 0.1) is 0 Å². The van der Waals surface area contributed by atoms with Crippen LogP contribution in [0.3, 0.4) is 0 Å². The number of nitrogens with zero attached hydrogens (tertiary/aromatic N) is 1. The van der Waals surface area contributed by atoms with Gasteiger partial charge in [0.2, 0.25) is 0 Å². The summed E-state index contributed by atoms with van der Waals surface area (Å²) in [5.74, 6) is 0. The van der Waals surface area contributed by atoms with Crippen molar-refractivity contribution in [2.45, 2.75) is 59.1 Å². The lowest BCUT2D eigenvalue weighted by Crippen LogP contribution is -2.34. The lowest BCUT2D eigenvalue weighted by molar-refractivity contribution is 0.162. The van der Waals surface area contributed by atoms with E-state index in [4.69, 9.17) is 0 Å². The Balaban J connectivity index is 3.46. The summed E-state index contributed by atoms with van der Waals surface area (Å²) in [5, 5.41) is 12.8. The van der Waals surface area contributed by atoms with E-state index in [1.807, 2.05) is 6.92 Å². The minimum absolute atomic E-state index is 0.190. The number of aliphatic hydroxyl groups is 1. The average Bonchev–Trinajstić information content (AvgIpc) is 2.31. The molecule has 0 spiro atoms. The van der Waals surface area contributed by atoms with Crippen molar-refractivity contribution in [3.05, 3.63) is 0 Å². The summed E-state index contributed by atoms with van der Waals surface area (Å²) in [7, 11) is 0. The lowest BCUT2D eigenvalue weighted by Gasteiger charge is -2.20. The Morgan fingerprint density at radius 3 is 2.31 bits per heavy atom. The third-order valence-electron chi connectivity index (χ3n) is 3.18. The van der Waals surface area contributed by atoms with Crippen LogP contribution in [0.2, 0.25) is 0 Å². The molecule has 0 aromatic rings. The number of aliphatic hydroxyl groups excluding tert-OH is 1. The molecule has 3 heteroatoms. The van der Waals surface area contributed by atoms with Gasteiger partial charge in [-0.2, -0.15) is 0 Å². The zero-order valence-electron chi connectivity index (χ0n) is 11.5. The van der Waals surface area contributed by atoms with E-state index >= 15 is 0 Å². The second-order valence-electron chi connectivity index (χ2n) is 4.54. The maximum atomic E-state index is 9.43. The van der Waals surface area contributed by atoms with Crippen LogP contribution in [-0.4, -0.2) is 48.3 Å². The molecule has 0 bridgehead atoms. The molecule has 2 N–H and O–H groups in total.